The van der Waals surface area contributed by atoms with E-state index in [1.807, 2.05) is 12.1 Å². The van der Waals surface area contributed by atoms with Crippen molar-refractivity contribution >= 4 is 0 Å². The fourth-order valence-corrected chi connectivity index (χ4v) is 3.11. The summed E-state index contributed by atoms with van der Waals surface area (Å²) in [6.45, 7) is 5.50. The molecule has 2 aromatic rings. The highest BCUT2D eigenvalue weighted by atomic mass is 16.5. The first kappa shape index (κ1) is 14.2. The Hall–Kier alpha value is -1.80. The second-order valence-electron chi connectivity index (χ2n) is 5.99. The number of rotatable bonds is 3. The molecule has 0 bridgehead atoms. The van der Waals surface area contributed by atoms with Crippen LogP contribution in [0.25, 0.3) is 0 Å². The van der Waals surface area contributed by atoms with E-state index in [0.717, 1.165) is 18.7 Å². The zero-order valence-electron chi connectivity index (χ0n) is 13.0. The predicted molar refractivity (Wildman–Crippen MR) is 87.1 cm³/mol. The van der Waals surface area contributed by atoms with Gasteiger partial charge in [-0.25, -0.2) is 0 Å². The lowest BCUT2D eigenvalue weighted by atomic mass is 9.86. The van der Waals surface area contributed by atoms with Crippen LogP contribution >= 0.6 is 0 Å². The van der Waals surface area contributed by atoms with Crippen molar-refractivity contribution in [3.63, 3.8) is 0 Å². The lowest BCUT2D eigenvalue weighted by Gasteiger charge is -2.29. The number of fused-ring (bicyclic) bond motifs is 1. The van der Waals surface area contributed by atoms with Crippen LogP contribution in [0.4, 0.5) is 0 Å². The van der Waals surface area contributed by atoms with Crippen LogP contribution < -0.4 is 10.1 Å². The Balaban J connectivity index is 2.09. The van der Waals surface area contributed by atoms with Gasteiger partial charge in [0.15, 0.2) is 0 Å². The van der Waals surface area contributed by atoms with E-state index in [2.05, 4.69) is 49.5 Å². The summed E-state index contributed by atoms with van der Waals surface area (Å²) in [5, 5.41) is 3.65. The van der Waals surface area contributed by atoms with Gasteiger partial charge < -0.3 is 10.1 Å². The molecule has 2 nitrogen and oxygen atoms in total. The molecule has 1 N–H and O–H groups in total. The lowest BCUT2D eigenvalue weighted by molar-refractivity contribution is 0.402. The molecule has 0 saturated heterocycles. The van der Waals surface area contributed by atoms with Crippen molar-refractivity contribution in [2.45, 2.75) is 32.2 Å². The minimum absolute atomic E-state index is 0.226. The molecule has 2 aromatic carbocycles. The highest BCUT2D eigenvalue weighted by Crippen LogP contribution is 2.35. The fraction of sp³-hybridized carbons (Fsp3) is 0.368. The lowest BCUT2D eigenvalue weighted by Crippen LogP contribution is -2.31. The van der Waals surface area contributed by atoms with Gasteiger partial charge in [-0.2, -0.15) is 0 Å². The number of hydrogen-bond acceptors (Lipinski definition) is 2. The zero-order valence-corrected chi connectivity index (χ0v) is 13.0. The monoisotopic (exact) mass is 281 g/mol. The molecule has 2 heteroatoms. The number of methoxy groups -OCH3 is 1. The molecule has 1 atom stereocenters. The average molecular weight is 281 g/mol. The van der Waals surface area contributed by atoms with Crippen molar-refractivity contribution in [2.75, 3.05) is 13.7 Å². The van der Waals surface area contributed by atoms with Gasteiger partial charge in [-0.05, 0) is 35.1 Å². The van der Waals surface area contributed by atoms with Gasteiger partial charge in [0.25, 0.3) is 0 Å². The van der Waals surface area contributed by atoms with Crippen LogP contribution in [0.3, 0.4) is 0 Å². The Kier molecular flexibility index (Phi) is 3.98. The predicted octanol–water partition coefficient (Wildman–Crippen LogP) is 4.05. The third kappa shape index (κ3) is 2.68. The number of hydrogen-bond donors (Lipinski definition) is 1. The van der Waals surface area contributed by atoms with Crippen molar-refractivity contribution < 1.29 is 4.74 Å². The van der Waals surface area contributed by atoms with E-state index in [9.17, 15) is 0 Å². The smallest absolute Gasteiger partial charge is 0.123 e. The normalized spacial score (nSPS) is 17.6. The molecular formula is C19H23NO. The second-order valence-corrected chi connectivity index (χ2v) is 5.99. The molecule has 0 amide bonds. The molecule has 1 aliphatic heterocycles. The van der Waals surface area contributed by atoms with Crippen molar-refractivity contribution in [1.29, 1.82) is 0 Å². The van der Waals surface area contributed by atoms with Gasteiger partial charge in [0.1, 0.15) is 5.75 Å². The van der Waals surface area contributed by atoms with Crippen LogP contribution in [0.1, 0.15) is 48.1 Å². The van der Waals surface area contributed by atoms with Gasteiger partial charge >= 0.3 is 0 Å². The first-order valence-corrected chi connectivity index (χ1v) is 7.69. The summed E-state index contributed by atoms with van der Waals surface area (Å²) in [5.74, 6) is 1.51. The largest absolute Gasteiger partial charge is 0.496 e. The SMILES string of the molecule is COc1ccccc1C1NCCc2ccc(C(C)C)cc21. The maximum absolute atomic E-state index is 5.55. The Morgan fingerprint density at radius 2 is 1.90 bits per heavy atom. The first-order valence-electron chi connectivity index (χ1n) is 7.69. The van der Waals surface area contributed by atoms with Crippen molar-refractivity contribution in [3.05, 3.63) is 64.7 Å². The van der Waals surface area contributed by atoms with E-state index in [1.165, 1.54) is 22.3 Å². The van der Waals surface area contributed by atoms with Gasteiger partial charge in [0.05, 0.1) is 13.2 Å². The average Bonchev–Trinajstić information content (AvgIpc) is 2.53. The Morgan fingerprint density at radius 3 is 2.67 bits per heavy atom. The minimum atomic E-state index is 0.226. The van der Waals surface area contributed by atoms with Gasteiger partial charge in [0.2, 0.25) is 0 Å². The van der Waals surface area contributed by atoms with E-state index in [1.54, 1.807) is 7.11 Å². The highest BCUT2D eigenvalue weighted by molar-refractivity contribution is 5.47. The summed E-state index contributed by atoms with van der Waals surface area (Å²) in [4.78, 5) is 0. The number of nitrogens with one attached hydrogen (secondary N) is 1. The Morgan fingerprint density at radius 1 is 1.10 bits per heavy atom. The van der Waals surface area contributed by atoms with E-state index < -0.39 is 0 Å². The molecule has 0 aliphatic carbocycles. The Bertz CT molecular complexity index is 633. The molecule has 0 spiro atoms. The molecule has 1 aliphatic rings. The van der Waals surface area contributed by atoms with Crippen LogP contribution in [0.2, 0.25) is 0 Å². The molecule has 1 unspecified atom stereocenters. The summed E-state index contributed by atoms with van der Waals surface area (Å²) >= 11 is 0. The standard InChI is InChI=1S/C19H23NO/c1-13(2)15-9-8-14-10-11-20-19(17(14)12-15)16-6-4-5-7-18(16)21-3/h4-9,12-13,19-20H,10-11H2,1-3H3. The molecule has 0 fully saturated rings. The number of ether oxygens (including phenoxy) is 1. The number of benzene rings is 2. The fourth-order valence-electron chi connectivity index (χ4n) is 3.11. The molecule has 0 radical (unpaired) electrons. The summed E-state index contributed by atoms with van der Waals surface area (Å²) < 4.78 is 5.55. The van der Waals surface area contributed by atoms with Gasteiger partial charge in [-0.3, -0.25) is 0 Å². The molecule has 110 valence electrons. The van der Waals surface area contributed by atoms with Gasteiger partial charge in [0, 0.05) is 12.1 Å². The van der Waals surface area contributed by atoms with Crippen LogP contribution in [-0.4, -0.2) is 13.7 Å². The summed E-state index contributed by atoms with van der Waals surface area (Å²) in [6.07, 6.45) is 1.10. The van der Waals surface area contributed by atoms with E-state index in [4.69, 9.17) is 4.74 Å². The van der Waals surface area contributed by atoms with Crippen LogP contribution in [0, 0.1) is 0 Å². The highest BCUT2D eigenvalue weighted by Gasteiger charge is 2.24. The zero-order chi connectivity index (χ0) is 14.8. The van der Waals surface area contributed by atoms with Crippen LogP contribution in [0.15, 0.2) is 42.5 Å². The van der Waals surface area contributed by atoms with Crippen molar-refractivity contribution in [3.8, 4) is 5.75 Å². The molecule has 0 saturated carbocycles. The van der Waals surface area contributed by atoms with Crippen LogP contribution in [-0.2, 0) is 6.42 Å². The Labute approximate surface area is 127 Å². The van der Waals surface area contributed by atoms with Crippen molar-refractivity contribution in [1.82, 2.24) is 5.32 Å². The van der Waals surface area contributed by atoms with Crippen molar-refractivity contribution in [2.24, 2.45) is 0 Å². The van der Waals surface area contributed by atoms with Crippen LogP contribution in [0.5, 0.6) is 5.75 Å². The molecular weight excluding hydrogens is 258 g/mol. The second kappa shape index (κ2) is 5.90. The van der Waals surface area contributed by atoms with E-state index >= 15 is 0 Å². The third-order valence-corrected chi connectivity index (χ3v) is 4.34. The van der Waals surface area contributed by atoms with E-state index in [0.29, 0.717) is 5.92 Å². The topological polar surface area (TPSA) is 21.3 Å². The maximum atomic E-state index is 5.55. The quantitative estimate of drug-likeness (QED) is 0.916. The third-order valence-electron chi connectivity index (χ3n) is 4.34. The molecule has 21 heavy (non-hydrogen) atoms. The summed E-state index contributed by atoms with van der Waals surface area (Å²) in [7, 11) is 1.74. The maximum Gasteiger partial charge on any atom is 0.123 e. The first-order chi connectivity index (χ1) is 10.2. The minimum Gasteiger partial charge on any atom is -0.496 e. The molecule has 0 aromatic heterocycles. The molecule has 1 heterocycles. The number of para-hydroxylation sites is 1. The molecule has 3 rings (SSSR count). The van der Waals surface area contributed by atoms with Gasteiger partial charge in [-0.1, -0.05) is 50.2 Å². The summed E-state index contributed by atoms with van der Waals surface area (Å²) in [6, 6.07) is 15.5. The van der Waals surface area contributed by atoms with E-state index in [-0.39, 0.29) is 6.04 Å². The summed E-state index contributed by atoms with van der Waals surface area (Å²) in [5.41, 5.74) is 5.48. The van der Waals surface area contributed by atoms with Gasteiger partial charge in [-0.15, -0.1) is 0 Å².